The fraction of sp³-hybridized carbons (Fsp3) is 0.682. The Hall–Kier alpha value is -2.38. The van der Waals surface area contributed by atoms with Crippen molar-refractivity contribution in [1.82, 2.24) is 5.32 Å². The summed E-state index contributed by atoms with van der Waals surface area (Å²) in [5.41, 5.74) is 2.21. The maximum Gasteiger partial charge on any atom is 0.319 e. The maximum absolute atomic E-state index is 12.7. The highest BCUT2D eigenvalue weighted by atomic mass is 32.2. The van der Waals surface area contributed by atoms with Crippen LogP contribution in [0.25, 0.3) is 0 Å². The molecule has 0 radical (unpaired) electrons. The van der Waals surface area contributed by atoms with Crippen LogP contribution in [0.2, 0.25) is 0 Å². The van der Waals surface area contributed by atoms with Crippen molar-refractivity contribution >= 4 is 21.8 Å². The molecule has 2 unspecified atom stereocenters. The third kappa shape index (κ3) is 7.95. The summed E-state index contributed by atoms with van der Waals surface area (Å²) in [6.45, 7) is 11.0. The second-order valence-corrected chi connectivity index (χ2v) is 11.6. The lowest BCUT2D eigenvalue weighted by molar-refractivity contribution is -0.708. The topological polar surface area (TPSA) is 132 Å². The Morgan fingerprint density at radius 1 is 1.28 bits per heavy atom. The van der Waals surface area contributed by atoms with Crippen molar-refractivity contribution in [3.8, 4) is 6.26 Å². The van der Waals surface area contributed by atoms with E-state index in [0.717, 1.165) is 30.7 Å². The first-order valence-corrected chi connectivity index (χ1v) is 12.4. The van der Waals surface area contributed by atoms with Gasteiger partial charge in [0, 0.05) is 43.9 Å². The first-order chi connectivity index (χ1) is 14.7. The summed E-state index contributed by atoms with van der Waals surface area (Å²) in [6, 6.07) is 3.33. The molecular formula is C22H35N4O5S+. The Labute approximate surface area is 190 Å². The number of nitrogens with zero attached hydrogens (tertiary/aromatic N) is 2. The number of aryl methyl sites for hydroxylation is 2. The molecule has 1 aliphatic rings. The highest BCUT2D eigenvalue weighted by Crippen LogP contribution is 2.46. The zero-order chi connectivity index (χ0) is 24.2. The number of ether oxygens (including phenoxy) is 1. The lowest BCUT2D eigenvalue weighted by atomic mass is 9.63. The van der Waals surface area contributed by atoms with E-state index in [1.54, 1.807) is 6.26 Å². The molecule has 1 saturated carbocycles. The van der Waals surface area contributed by atoms with Gasteiger partial charge in [-0.05, 0) is 24.7 Å². The minimum absolute atomic E-state index is 0.0112. The van der Waals surface area contributed by atoms with Crippen LogP contribution in [-0.4, -0.2) is 37.4 Å². The van der Waals surface area contributed by atoms with E-state index in [2.05, 4.69) is 31.4 Å². The van der Waals surface area contributed by atoms with Crippen molar-refractivity contribution in [3.63, 3.8) is 0 Å². The smallest absolute Gasteiger partial charge is 0.319 e. The van der Waals surface area contributed by atoms with Gasteiger partial charge in [0.25, 0.3) is 16.4 Å². The third-order valence-electron chi connectivity index (χ3n) is 5.89. The lowest BCUT2D eigenvalue weighted by Crippen LogP contribution is -2.49. The van der Waals surface area contributed by atoms with Gasteiger partial charge in [-0.25, -0.2) is 9.36 Å². The van der Waals surface area contributed by atoms with Crippen LogP contribution in [0, 0.1) is 36.2 Å². The summed E-state index contributed by atoms with van der Waals surface area (Å²) in [5.74, 6) is -0.294. The van der Waals surface area contributed by atoms with Gasteiger partial charge in [0.2, 0.25) is 0 Å². The number of urea groups is 1. The number of carbonyl (C=O) groups is 1. The van der Waals surface area contributed by atoms with Gasteiger partial charge in [0.15, 0.2) is 11.4 Å². The molecule has 0 aromatic carbocycles. The number of pyridine rings is 1. The predicted octanol–water partition coefficient (Wildman–Crippen LogP) is 3.07. The van der Waals surface area contributed by atoms with Crippen LogP contribution in [-0.2, 0) is 21.4 Å². The number of carbonyl (C=O) groups excluding carboxylic acids is 1. The summed E-state index contributed by atoms with van der Waals surface area (Å²) in [4.78, 5) is 12.7. The number of aromatic nitrogens is 1. The largest absolute Gasteiger partial charge is 0.427 e. The van der Waals surface area contributed by atoms with E-state index >= 15 is 0 Å². The minimum Gasteiger partial charge on any atom is -0.427 e. The zero-order valence-electron chi connectivity index (χ0n) is 19.6. The molecule has 1 aromatic heterocycles. The van der Waals surface area contributed by atoms with Crippen molar-refractivity contribution in [3.05, 3.63) is 23.5 Å². The van der Waals surface area contributed by atoms with Crippen molar-refractivity contribution in [2.75, 3.05) is 17.7 Å². The molecule has 0 saturated heterocycles. The number of hydrogen-bond acceptors (Lipinski definition) is 5. The Balaban J connectivity index is 2.02. The molecule has 1 aliphatic carbocycles. The zero-order valence-corrected chi connectivity index (χ0v) is 20.4. The molecule has 32 heavy (non-hydrogen) atoms. The number of hydrogen-bond donors (Lipinski definition) is 3. The molecule has 2 rings (SSSR count). The van der Waals surface area contributed by atoms with Crippen LogP contribution >= 0.6 is 0 Å². The van der Waals surface area contributed by atoms with E-state index in [9.17, 15) is 13.2 Å². The Kier molecular flexibility index (Phi) is 8.12. The summed E-state index contributed by atoms with van der Waals surface area (Å²) >= 11 is 0. The van der Waals surface area contributed by atoms with E-state index in [-0.39, 0.29) is 28.7 Å². The number of amides is 2. The third-order valence-corrected chi connectivity index (χ3v) is 6.69. The first-order valence-electron chi connectivity index (χ1n) is 10.8. The van der Waals surface area contributed by atoms with E-state index < -0.39 is 10.1 Å². The Morgan fingerprint density at radius 2 is 1.91 bits per heavy atom. The fourth-order valence-corrected chi connectivity index (χ4v) is 5.65. The molecule has 1 aromatic rings. The molecule has 0 aliphatic heterocycles. The number of rotatable bonds is 8. The van der Waals surface area contributed by atoms with Gasteiger partial charge in [-0.15, -0.1) is 0 Å². The molecule has 0 spiro atoms. The highest BCUT2D eigenvalue weighted by molar-refractivity contribution is 7.85. The van der Waals surface area contributed by atoms with Gasteiger partial charge < -0.3 is 15.4 Å². The SMILES string of the molecule is Cc1cc(NC(=O)NC2CC(C)(C)CC(C)(COC#N)C2)cc(C)[n+]1CCCS(=O)(=O)O. The molecule has 10 heteroatoms. The van der Waals surface area contributed by atoms with Crippen LogP contribution in [0.4, 0.5) is 10.5 Å². The van der Waals surface area contributed by atoms with E-state index in [1.165, 1.54) is 0 Å². The van der Waals surface area contributed by atoms with Crippen LogP contribution < -0.4 is 15.2 Å². The fourth-order valence-electron chi connectivity index (χ4n) is 5.16. The number of nitrogens with one attached hydrogen (secondary N) is 2. The molecule has 178 valence electrons. The van der Waals surface area contributed by atoms with Gasteiger partial charge in [0.05, 0.1) is 11.4 Å². The van der Waals surface area contributed by atoms with E-state index in [4.69, 9.17) is 14.6 Å². The van der Waals surface area contributed by atoms with Gasteiger partial charge in [-0.2, -0.15) is 13.7 Å². The molecule has 1 heterocycles. The first kappa shape index (κ1) is 25.9. The average Bonchev–Trinajstić information content (AvgIpc) is 2.59. The van der Waals surface area contributed by atoms with E-state index in [0.29, 0.717) is 25.3 Å². The molecule has 2 amide bonds. The van der Waals surface area contributed by atoms with Crippen molar-refractivity contribution in [2.45, 2.75) is 72.9 Å². The Morgan fingerprint density at radius 3 is 2.47 bits per heavy atom. The maximum atomic E-state index is 12.7. The molecule has 2 atom stereocenters. The lowest BCUT2D eigenvalue weighted by Gasteiger charge is -2.46. The van der Waals surface area contributed by atoms with Crippen molar-refractivity contribution in [1.29, 1.82) is 5.26 Å². The quantitative estimate of drug-likeness (QED) is 0.306. The second-order valence-electron chi connectivity index (χ2n) is 10.1. The molecule has 9 nitrogen and oxygen atoms in total. The van der Waals surface area contributed by atoms with Gasteiger partial charge in [-0.3, -0.25) is 4.55 Å². The second kappa shape index (κ2) is 10.0. The van der Waals surface area contributed by atoms with Crippen LogP contribution in [0.3, 0.4) is 0 Å². The standard InChI is InChI=1S/C22H34N4O5S/c1-16-9-18(10-17(2)26(16)7-6-8-32(28,29)30)24-20(27)25-19-11-21(3,4)13-22(5,12-19)14-31-15-23/h9-10,19H,6-8,11-14H2,1-5H3,(H2,25,27,28,29,30)/p+1. The predicted molar refractivity (Wildman–Crippen MR) is 120 cm³/mol. The van der Waals surface area contributed by atoms with E-state index in [1.807, 2.05) is 30.5 Å². The number of anilines is 1. The van der Waals surface area contributed by atoms with Crippen LogP contribution in [0.5, 0.6) is 0 Å². The summed E-state index contributed by atoms with van der Waals surface area (Å²) in [7, 11) is -3.98. The summed E-state index contributed by atoms with van der Waals surface area (Å²) in [6.07, 6.45) is 4.52. The minimum atomic E-state index is -3.98. The highest BCUT2D eigenvalue weighted by Gasteiger charge is 2.42. The van der Waals surface area contributed by atoms with Crippen molar-refractivity contribution < 1.29 is 27.1 Å². The summed E-state index contributed by atoms with van der Waals surface area (Å²) in [5, 5.41) is 14.7. The average molecular weight is 468 g/mol. The van der Waals surface area contributed by atoms with Gasteiger partial charge >= 0.3 is 6.03 Å². The van der Waals surface area contributed by atoms with Gasteiger partial charge in [-0.1, -0.05) is 20.8 Å². The normalized spacial score (nSPS) is 22.6. The molecule has 3 N–H and O–H groups in total. The molecule has 0 bridgehead atoms. The molecule has 1 fully saturated rings. The van der Waals surface area contributed by atoms with Crippen LogP contribution in [0.15, 0.2) is 12.1 Å². The van der Waals surface area contributed by atoms with Crippen molar-refractivity contribution in [2.24, 2.45) is 10.8 Å². The monoisotopic (exact) mass is 467 g/mol. The Bertz CT molecular complexity index is 964. The van der Waals surface area contributed by atoms with Crippen LogP contribution in [0.1, 0.15) is 57.8 Å². The summed E-state index contributed by atoms with van der Waals surface area (Å²) < 4.78 is 37.7. The number of nitriles is 1. The van der Waals surface area contributed by atoms with Gasteiger partial charge in [0.1, 0.15) is 13.2 Å². The molecular weight excluding hydrogens is 432 g/mol.